The zero-order valence-corrected chi connectivity index (χ0v) is 24.9. The van der Waals surface area contributed by atoms with Crippen molar-refractivity contribution < 1.29 is 26.4 Å². The standard InChI is InChI=1S/C32H38F3N3O3S/c1-21(2)36-20-22(3)24-15-16-28-25(17-24)11-7-14-29(28)37-31(39)19-30(23-9-5-4-6-10-23)38-42(40,41)27-13-8-12-26(18-27)32(33,34)35/h4-6,8-10,12-13,15-18,21-22,29-30,36,38H,7,11,14,19-20H2,1-3H3,(H,37,39)/t22-,29-,30-/m1/s1. The average Bonchev–Trinajstić information content (AvgIpc) is 2.95. The fraction of sp³-hybridized carbons (Fsp3) is 0.406. The van der Waals surface area contributed by atoms with Gasteiger partial charge in [-0.05, 0) is 65.6 Å². The first-order valence-electron chi connectivity index (χ1n) is 14.2. The van der Waals surface area contributed by atoms with Gasteiger partial charge in [0.05, 0.1) is 22.5 Å². The first-order chi connectivity index (χ1) is 19.8. The largest absolute Gasteiger partial charge is 0.416 e. The minimum Gasteiger partial charge on any atom is -0.349 e. The molecule has 0 radical (unpaired) electrons. The van der Waals surface area contributed by atoms with E-state index in [1.54, 1.807) is 30.3 Å². The molecule has 3 atom stereocenters. The normalized spacial score (nSPS) is 17.0. The lowest BCUT2D eigenvalue weighted by Gasteiger charge is -2.28. The van der Waals surface area contributed by atoms with Gasteiger partial charge < -0.3 is 10.6 Å². The average molecular weight is 602 g/mol. The van der Waals surface area contributed by atoms with E-state index in [-0.39, 0.29) is 18.4 Å². The van der Waals surface area contributed by atoms with Crippen LogP contribution in [0.2, 0.25) is 0 Å². The molecule has 0 unspecified atom stereocenters. The summed E-state index contributed by atoms with van der Waals surface area (Å²) in [6, 6.07) is 17.7. The van der Waals surface area contributed by atoms with Gasteiger partial charge in [-0.25, -0.2) is 13.1 Å². The third-order valence-electron chi connectivity index (χ3n) is 7.58. The van der Waals surface area contributed by atoms with E-state index in [0.29, 0.717) is 23.6 Å². The molecule has 3 aromatic rings. The van der Waals surface area contributed by atoms with Crippen molar-refractivity contribution in [1.82, 2.24) is 15.4 Å². The molecule has 226 valence electrons. The lowest BCUT2D eigenvalue weighted by Crippen LogP contribution is -2.36. The minimum absolute atomic E-state index is 0.212. The smallest absolute Gasteiger partial charge is 0.349 e. The first kappa shape index (κ1) is 31.7. The summed E-state index contributed by atoms with van der Waals surface area (Å²) in [6.45, 7) is 7.29. The van der Waals surface area contributed by atoms with Crippen molar-refractivity contribution in [3.63, 3.8) is 0 Å². The number of nitrogens with one attached hydrogen (secondary N) is 3. The molecule has 1 amide bonds. The van der Waals surface area contributed by atoms with Gasteiger partial charge in [-0.2, -0.15) is 13.2 Å². The van der Waals surface area contributed by atoms with E-state index in [1.807, 2.05) is 0 Å². The Balaban J connectivity index is 1.51. The summed E-state index contributed by atoms with van der Waals surface area (Å²) < 4.78 is 68.6. The van der Waals surface area contributed by atoms with E-state index >= 15 is 0 Å². The second-order valence-corrected chi connectivity index (χ2v) is 13.0. The van der Waals surface area contributed by atoms with Gasteiger partial charge in [0, 0.05) is 19.0 Å². The van der Waals surface area contributed by atoms with Crippen LogP contribution in [0.5, 0.6) is 0 Å². The quantitative estimate of drug-likeness (QED) is 0.237. The summed E-state index contributed by atoms with van der Waals surface area (Å²) in [5.41, 5.74) is 2.96. The zero-order chi connectivity index (χ0) is 30.5. The highest BCUT2D eigenvalue weighted by Crippen LogP contribution is 2.33. The number of carbonyl (C=O) groups excluding carboxylic acids is 1. The number of hydrogen-bond acceptors (Lipinski definition) is 4. The lowest BCUT2D eigenvalue weighted by atomic mass is 9.84. The second kappa shape index (κ2) is 13.4. The van der Waals surface area contributed by atoms with E-state index in [4.69, 9.17) is 0 Å². The third-order valence-corrected chi connectivity index (χ3v) is 9.05. The highest BCUT2D eigenvalue weighted by atomic mass is 32.2. The van der Waals surface area contributed by atoms with Crippen molar-refractivity contribution in [2.75, 3.05) is 6.54 Å². The van der Waals surface area contributed by atoms with Crippen molar-refractivity contribution in [3.8, 4) is 0 Å². The predicted molar refractivity (Wildman–Crippen MR) is 157 cm³/mol. The van der Waals surface area contributed by atoms with Crippen molar-refractivity contribution in [2.24, 2.45) is 0 Å². The highest BCUT2D eigenvalue weighted by Gasteiger charge is 2.33. The van der Waals surface area contributed by atoms with E-state index in [0.717, 1.165) is 49.6 Å². The maximum Gasteiger partial charge on any atom is 0.416 e. The Morgan fingerprint density at radius 1 is 0.952 bits per heavy atom. The number of sulfonamides is 1. The molecule has 1 aliphatic carbocycles. The zero-order valence-electron chi connectivity index (χ0n) is 24.0. The topological polar surface area (TPSA) is 87.3 Å². The molecule has 4 rings (SSSR count). The number of carbonyl (C=O) groups is 1. The molecule has 3 aromatic carbocycles. The number of alkyl halides is 3. The van der Waals surface area contributed by atoms with Crippen LogP contribution >= 0.6 is 0 Å². The molecule has 42 heavy (non-hydrogen) atoms. The van der Waals surface area contributed by atoms with Crippen LogP contribution in [0.1, 0.15) is 85.9 Å². The summed E-state index contributed by atoms with van der Waals surface area (Å²) in [4.78, 5) is 12.8. The van der Waals surface area contributed by atoms with Crippen LogP contribution in [-0.4, -0.2) is 26.9 Å². The molecular formula is C32H38F3N3O3S. The van der Waals surface area contributed by atoms with Gasteiger partial charge in [0.2, 0.25) is 15.9 Å². The Kier molecular flexibility index (Phi) is 10.1. The van der Waals surface area contributed by atoms with Crippen LogP contribution in [0, 0.1) is 0 Å². The van der Waals surface area contributed by atoms with Crippen LogP contribution in [0.15, 0.2) is 77.7 Å². The third kappa shape index (κ3) is 8.20. The second-order valence-electron chi connectivity index (χ2n) is 11.2. The first-order valence-corrected chi connectivity index (χ1v) is 15.7. The number of fused-ring (bicyclic) bond motifs is 1. The fourth-order valence-corrected chi connectivity index (χ4v) is 6.54. The summed E-state index contributed by atoms with van der Waals surface area (Å²) in [6.07, 6.45) is -2.32. The molecular weight excluding hydrogens is 563 g/mol. The van der Waals surface area contributed by atoms with Crippen molar-refractivity contribution in [1.29, 1.82) is 0 Å². The molecule has 0 aliphatic heterocycles. The number of aryl methyl sites for hydroxylation is 1. The van der Waals surface area contributed by atoms with Gasteiger partial charge in [0.25, 0.3) is 0 Å². The van der Waals surface area contributed by atoms with E-state index < -0.39 is 32.7 Å². The van der Waals surface area contributed by atoms with Crippen LogP contribution in [-0.2, 0) is 27.4 Å². The van der Waals surface area contributed by atoms with E-state index in [9.17, 15) is 26.4 Å². The fourth-order valence-electron chi connectivity index (χ4n) is 5.27. The van der Waals surface area contributed by atoms with Gasteiger partial charge in [0.15, 0.2) is 0 Å². The van der Waals surface area contributed by atoms with Gasteiger partial charge >= 0.3 is 6.18 Å². The maximum atomic E-state index is 13.3. The van der Waals surface area contributed by atoms with Crippen LogP contribution in [0.3, 0.4) is 0 Å². The monoisotopic (exact) mass is 601 g/mol. The maximum absolute atomic E-state index is 13.3. The molecule has 0 saturated heterocycles. The van der Waals surface area contributed by atoms with Gasteiger partial charge in [-0.15, -0.1) is 0 Å². The molecule has 0 spiro atoms. The highest BCUT2D eigenvalue weighted by molar-refractivity contribution is 7.89. The number of hydrogen-bond donors (Lipinski definition) is 3. The van der Waals surface area contributed by atoms with E-state index in [2.05, 4.69) is 54.3 Å². The van der Waals surface area contributed by atoms with Crippen LogP contribution < -0.4 is 15.4 Å². The number of benzene rings is 3. The Bertz CT molecular complexity index is 1480. The Labute approximate surface area is 246 Å². The summed E-state index contributed by atoms with van der Waals surface area (Å²) in [5.74, 6) is -0.0174. The molecule has 10 heteroatoms. The lowest BCUT2D eigenvalue weighted by molar-refractivity contribution is -0.137. The molecule has 0 saturated carbocycles. The Morgan fingerprint density at radius 3 is 2.38 bits per heavy atom. The Hall–Kier alpha value is -3.21. The molecule has 0 heterocycles. The van der Waals surface area contributed by atoms with Crippen molar-refractivity contribution in [2.45, 2.75) is 81.6 Å². The van der Waals surface area contributed by atoms with Crippen molar-refractivity contribution >= 4 is 15.9 Å². The number of halogens is 3. The summed E-state index contributed by atoms with van der Waals surface area (Å²) in [7, 11) is -4.38. The summed E-state index contributed by atoms with van der Waals surface area (Å²) in [5, 5.41) is 6.55. The number of amides is 1. The molecule has 0 bridgehead atoms. The molecule has 1 aliphatic rings. The molecule has 0 aromatic heterocycles. The summed E-state index contributed by atoms with van der Waals surface area (Å²) >= 11 is 0. The van der Waals surface area contributed by atoms with Gasteiger partial charge in [-0.3, -0.25) is 4.79 Å². The van der Waals surface area contributed by atoms with Gasteiger partial charge in [-0.1, -0.05) is 75.4 Å². The van der Waals surface area contributed by atoms with Gasteiger partial charge in [0.1, 0.15) is 0 Å². The van der Waals surface area contributed by atoms with Crippen LogP contribution in [0.25, 0.3) is 0 Å². The Morgan fingerprint density at radius 2 is 1.69 bits per heavy atom. The van der Waals surface area contributed by atoms with Crippen molar-refractivity contribution in [3.05, 3.63) is 101 Å². The minimum atomic E-state index is -4.69. The molecule has 0 fully saturated rings. The number of rotatable bonds is 11. The predicted octanol–water partition coefficient (Wildman–Crippen LogP) is 6.41. The van der Waals surface area contributed by atoms with E-state index in [1.165, 1.54) is 11.1 Å². The molecule has 3 N–H and O–H groups in total. The molecule has 6 nitrogen and oxygen atoms in total. The SMILES string of the molecule is CC(C)NC[C@@H](C)c1ccc2c(c1)CCC[C@H]2NC(=O)C[C@@H](NS(=O)(=O)c1cccc(C(F)(F)F)c1)c1ccccc1. The van der Waals surface area contributed by atoms with Crippen LogP contribution in [0.4, 0.5) is 13.2 Å².